The number of hydrogen-bond acceptors (Lipinski definition) is 3. The molecule has 0 unspecified atom stereocenters. The van der Waals surface area contributed by atoms with Gasteiger partial charge >= 0.3 is 0 Å². The van der Waals surface area contributed by atoms with Crippen LogP contribution >= 0.6 is 11.3 Å². The van der Waals surface area contributed by atoms with E-state index < -0.39 is 0 Å². The zero-order chi connectivity index (χ0) is 12.7. The Labute approximate surface area is 109 Å². The molecule has 0 aromatic carbocycles. The molecule has 0 bridgehead atoms. The van der Waals surface area contributed by atoms with Crippen LogP contribution in [0.15, 0.2) is 12.1 Å². The van der Waals surface area contributed by atoms with Crippen molar-refractivity contribution in [1.82, 2.24) is 5.32 Å². The third-order valence-electron chi connectivity index (χ3n) is 2.57. The normalized spacial score (nSPS) is 12.0. The monoisotopic (exact) mass is 255 g/mol. The van der Waals surface area contributed by atoms with Crippen LogP contribution in [0, 0.1) is 0 Å². The quantitative estimate of drug-likeness (QED) is 0.755. The molecule has 0 aliphatic rings. The number of hydrogen-bond donors (Lipinski definition) is 1. The molecule has 0 radical (unpaired) electrons. The van der Waals surface area contributed by atoms with Crippen LogP contribution in [0.3, 0.4) is 0 Å². The van der Waals surface area contributed by atoms with Crippen LogP contribution in [0.1, 0.15) is 37.4 Å². The highest BCUT2D eigenvalue weighted by Crippen LogP contribution is 2.29. The second-order valence-electron chi connectivity index (χ2n) is 5.23. The first-order valence-electron chi connectivity index (χ1n) is 6.41. The Morgan fingerprint density at radius 2 is 2.00 bits per heavy atom. The molecule has 1 aromatic heterocycles. The molecule has 2 nitrogen and oxygen atoms in total. The summed E-state index contributed by atoms with van der Waals surface area (Å²) in [4.78, 5) is 2.89. The van der Waals surface area contributed by atoms with E-state index in [-0.39, 0.29) is 5.41 Å². The minimum absolute atomic E-state index is 0.273. The average Bonchev–Trinajstić information content (AvgIpc) is 2.71. The molecule has 0 amide bonds. The summed E-state index contributed by atoms with van der Waals surface area (Å²) in [5.41, 5.74) is 0.273. The molecule has 3 heteroatoms. The lowest BCUT2D eigenvalue weighted by atomic mass is 9.95. The van der Waals surface area contributed by atoms with Crippen molar-refractivity contribution in [2.45, 2.75) is 39.5 Å². The Hall–Kier alpha value is -0.380. The third kappa shape index (κ3) is 5.66. The maximum absolute atomic E-state index is 5.58. The van der Waals surface area contributed by atoms with E-state index in [0.29, 0.717) is 0 Å². The Bertz CT molecular complexity index is 314. The van der Waals surface area contributed by atoms with Gasteiger partial charge in [0, 0.05) is 22.7 Å². The molecule has 17 heavy (non-hydrogen) atoms. The lowest BCUT2D eigenvalue weighted by molar-refractivity contribution is 0.140. The van der Waals surface area contributed by atoms with Crippen LogP contribution in [-0.4, -0.2) is 26.3 Å². The van der Waals surface area contributed by atoms with E-state index in [1.807, 2.05) is 11.3 Å². The van der Waals surface area contributed by atoms with Gasteiger partial charge in [-0.1, -0.05) is 27.7 Å². The molecule has 0 atom stereocenters. The zero-order valence-electron chi connectivity index (χ0n) is 11.5. The molecule has 0 saturated heterocycles. The van der Waals surface area contributed by atoms with Gasteiger partial charge in [0.1, 0.15) is 0 Å². The second-order valence-corrected chi connectivity index (χ2v) is 6.40. The van der Waals surface area contributed by atoms with Crippen LogP contribution in [0.4, 0.5) is 0 Å². The molecule has 1 rings (SSSR count). The lowest BCUT2D eigenvalue weighted by Crippen LogP contribution is -2.19. The number of nitrogens with one attached hydrogen (secondary N) is 1. The summed E-state index contributed by atoms with van der Waals surface area (Å²) in [6.45, 7) is 12.5. The van der Waals surface area contributed by atoms with E-state index in [0.717, 1.165) is 32.7 Å². The number of thiophene rings is 1. The fraction of sp³-hybridized carbons (Fsp3) is 0.714. The summed E-state index contributed by atoms with van der Waals surface area (Å²) in [5, 5.41) is 3.25. The van der Waals surface area contributed by atoms with Gasteiger partial charge in [-0.05, 0) is 24.1 Å². The van der Waals surface area contributed by atoms with E-state index in [4.69, 9.17) is 4.74 Å². The molecular weight excluding hydrogens is 230 g/mol. The van der Waals surface area contributed by atoms with Crippen molar-refractivity contribution in [2.75, 3.05) is 26.3 Å². The van der Waals surface area contributed by atoms with Crippen LogP contribution < -0.4 is 5.32 Å². The van der Waals surface area contributed by atoms with E-state index >= 15 is 0 Å². The van der Waals surface area contributed by atoms with Crippen molar-refractivity contribution in [3.63, 3.8) is 0 Å². The molecule has 0 spiro atoms. The average molecular weight is 255 g/mol. The highest BCUT2D eigenvalue weighted by atomic mass is 32.1. The minimum Gasteiger partial charge on any atom is -0.380 e. The fourth-order valence-corrected chi connectivity index (χ4v) is 2.56. The third-order valence-corrected chi connectivity index (χ3v) is 4.14. The lowest BCUT2D eigenvalue weighted by Gasteiger charge is -2.15. The summed E-state index contributed by atoms with van der Waals surface area (Å²) < 4.78 is 5.58. The van der Waals surface area contributed by atoms with Gasteiger partial charge in [-0.15, -0.1) is 11.3 Å². The van der Waals surface area contributed by atoms with Crippen molar-refractivity contribution in [3.8, 4) is 0 Å². The molecular formula is C14H25NOS. The Morgan fingerprint density at radius 1 is 1.24 bits per heavy atom. The van der Waals surface area contributed by atoms with Crippen LogP contribution in [0.2, 0.25) is 0 Å². The number of likely N-dealkylation sites (N-methyl/N-ethyl adjacent to an activating group) is 1. The molecule has 98 valence electrons. The van der Waals surface area contributed by atoms with Crippen LogP contribution in [0.25, 0.3) is 0 Å². The van der Waals surface area contributed by atoms with Gasteiger partial charge in [-0.3, -0.25) is 0 Å². The molecule has 0 saturated carbocycles. The van der Waals surface area contributed by atoms with Gasteiger partial charge < -0.3 is 10.1 Å². The van der Waals surface area contributed by atoms with Gasteiger partial charge in [0.25, 0.3) is 0 Å². The maximum Gasteiger partial charge on any atom is 0.0591 e. The van der Waals surface area contributed by atoms with Gasteiger partial charge in [-0.25, -0.2) is 0 Å². The highest BCUT2D eigenvalue weighted by Gasteiger charge is 2.15. The number of ether oxygens (including phenoxy) is 1. The van der Waals surface area contributed by atoms with Crippen molar-refractivity contribution < 1.29 is 4.74 Å². The molecule has 1 N–H and O–H groups in total. The molecule has 1 aromatic rings. The summed E-state index contributed by atoms with van der Waals surface area (Å²) in [6, 6.07) is 4.48. The van der Waals surface area contributed by atoms with E-state index in [9.17, 15) is 0 Å². The van der Waals surface area contributed by atoms with Gasteiger partial charge in [-0.2, -0.15) is 0 Å². The summed E-state index contributed by atoms with van der Waals surface area (Å²) in [6.07, 6.45) is 1.03. The van der Waals surface area contributed by atoms with Crippen molar-refractivity contribution in [3.05, 3.63) is 21.9 Å². The predicted molar refractivity (Wildman–Crippen MR) is 76.1 cm³/mol. The van der Waals surface area contributed by atoms with Crippen LogP contribution in [-0.2, 0) is 16.6 Å². The van der Waals surface area contributed by atoms with Gasteiger partial charge in [0.15, 0.2) is 0 Å². The summed E-state index contributed by atoms with van der Waals surface area (Å²) in [5.74, 6) is 0. The molecule has 0 aliphatic carbocycles. The summed E-state index contributed by atoms with van der Waals surface area (Å²) >= 11 is 1.91. The topological polar surface area (TPSA) is 21.3 Å². The van der Waals surface area contributed by atoms with Crippen molar-refractivity contribution in [2.24, 2.45) is 0 Å². The zero-order valence-corrected chi connectivity index (χ0v) is 12.3. The molecule has 0 aliphatic heterocycles. The molecule has 0 fully saturated rings. The highest BCUT2D eigenvalue weighted by molar-refractivity contribution is 7.12. The Morgan fingerprint density at radius 3 is 2.59 bits per heavy atom. The molecule has 1 heterocycles. The van der Waals surface area contributed by atoms with E-state index in [1.54, 1.807) is 0 Å². The second kappa shape index (κ2) is 7.14. The van der Waals surface area contributed by atoms with E-state index in [1.165, 1.54) is 9.75 Å². The minimum atomic E-state index is 0.273. The summed E-state index contributed by atoms with van der Waals surface area (Å²) in [7, 11) is 0. The van der Waals surface area contributed by atoms with Gasteiger partial charge in [0.2, 0.25) is 0 Å². The van der Waals surface area contributed by atoms with Gasteiger partial charge in [0.05, 0.1) is 13.2 Å². The SMILES string of the molecule is CCNCCOCCc1ccc(C(C)(C)C)s1. The fourth-order valence-electron chi connectivity index (χ4n) is 1.51. The Kier molecular flexibility index (Phi) is 6.17. The van der Waals surface area contributed by atoms with Crippen LogP contribution in [0.5, 0.6) is 0 Å². The van der Waals surface area contributed by atoms with Crippen molar-refractivity contribution in [1.29, 1.82) is 0 Å². The standard InChI is InChI=1S/C14H25NOS/c1-5-15-9-11-16-10-8-12-6-7-13(17-12)14(2,3)4/h6-7,15H,5,8-11H2,1-4H3. The van der Waals surface area contributed by atoms with E-state index in [2.05, 4.69) is 45.1 Å². The first-order chi connectivity index (χ1) is 8.04. The smallest absolute Gasteiger partial charge is 0.0591 e. The maximum atomic E-state index is 5.58. The van der Waals surface area contributed by atoms with Crippen molar-refractivity contribution >= 4 is 11.3 Å². The first-order valence-corrected chi connectivity index (χ1v) is 7.23. The Balaban J connectivity index is 2.21. The predicted octanol–water partition coefficient (Wildman–Crippen LogP) is 3.21. The largest absolute Gasteiger partial charge is 0.380 e. The number of rotatable bonds is 7. The first kappa shape index (κ1) is 14.7.